The highest BCUT2D eigenvalue weighted by Crippen LogP contribution is 2.07. The van der Waals surface area contributed by atoms with Crippen LogP contribution in [0.15, 0.2) is 91.0 Å². The number of carbonyl (C=O) groups excluding carboxylic acids is 3. The van der Waals surface area contributed by atoms with Gasteiger partial charge in [-0.15, -0.1) is 0 Å². The lowest BCUT2D eigenvalue weighted by molar-refractivity contribution is 0.0362. The number of hydrogen-bond acceptors (Lipinski definition) is 5. The van der Waals surface area contributed by atoms with Crippen molar-refractivity contribution in [3.63, 3.8) is 0 Å². The van der Waals surface area contributed by atoms with Gasteiger partial charge in [-0.3, -0.25) is 4.79 Å². The maximum Gasteiger partial charge on any atom is 0.338 e. The summed E-state index contributed by atoms with van der Waals surface area (Å²) in [6, 6.07) is 26.1. The topological polar surface area (TPSA) is 72.9 Å². The molecule has 0 radical (unpaired) electrons. The van der Waals surface area contributed by atoms with Gasteiger partial charge in [0.15, 0.2) is 0 Å². The Morgan fingerprint density at radius 1 is 0.548 bits per heavy atom. The third kappa shape index (κ3) is 6.54. The largest absolute Gasteiger partial charge is 0.460 e. The molecule has 0 spiro atoms. The molecule has 0 bridgehead atoms. The Bertz CT molecular complexity index is 933. The molecule has 0 atom stereocenters. The van der Waals surface area contributed by atoms with Crippen LogP contribution < -0.4 is 0 Å². The van der Waals surface area contributed by atoms with E-state index in [1.807, 2.05) is 18.2 Å². The summed E-state index contributed by atoms with van der Waals surface area (Å²) in [5.41, 5.74) is 1.40. The Kier molecular flexibility index (Phi) is 7.94. The van der Waals surface area contributed by atoms with Crippen LogP contribution in [-0.2, 0) is 9.47 Å². The number of amides is 1. The zero-order valence-electron chi connectivity index (χ0n) is 17.0. The van der Waals surface area contributed by atoms with Gasteiger partial charge in [0.25, 0.3) is 5.91 Å². The third-order valence-electron chi connectivity index (χ3n) is 4.52. The molecule has 6 nitrogen and oxygen atoms in total. The van der Waals surface area contributed by atoms with Crippen molar-refractivity contribution in [1.29, 1.82) is 0 Å². The minimum Gasteiger partial charge on any atom is -0.460 e. The van der Waals surface area contributed by atoms with E-state index in [1.165, 1.54) is 4.90 Å². The van der Waals surface area contributed by atoms with Crippen molar-refractivity contribution in [2.75, 3.05) is 26.3 Å². The van der Waals surface area contributed by atoms with Crippen LogP contribution in [-0.4, -0.2) is 49.0 Å². The van der Waals surface area contributed by atoms with Crippen molar-refractivity contribution in [2.45, 2.75) is 0 Å². The third-order valence-corrected chi connectivity index (χ3v) is 4.52. The second kappa shape index (κ2) is 11.3. The van der Waals surface area contributed by atoms with Crippen molar-refractivity contribution in [3.8, 4) is 0 Å². The second-order valence-electron chi connectivity index (χ2n) is 6.66. The number of nitrogens with zero attached hydrogens (tertiary/aromatic N) is 1. The van der Waals surface area contributed by atoms with Crippen LogP contribution >= 0.6 is 0 Å². The van der Waals surface area contributed by atoms with E-state index < -0.39 is 11.9 Å². The normalized spacial score (nSPS) is 10.2. The first-order valence-corrected chi connectivity index (χ1v) is 9.94. The van der Waals surface area contributed by atoms with Gasteiger partial charge < -0.3 is 14.4 Å². The smallest absolute Gasteiger partial charge is 0.338 e. The number of hydrogen-bond donors (Lipinski definition) is 0. The van der Waals surface area contributed by atoms with E-state index >= 15 is 0 Å². The highest BCUT2D eigenvalue weighted by Gasteiger charge is 2.17. The summed E-state index contributed by atoms with van der Waals surface area (Å²) < 4.78 is 10.6. The number of esters is 2. The lowest BCUT2D eigenvalue weighted by Gasteiger charge is -2.22. The monoisotopic (exact) mass is 417 g/mol. The molecule has 0 N–H and O–H groups in total. The highest BCUT2D eigenvalue weighted by atomic mass is 16.5. The van der Waals surface area contributed by atoms with E-state index in [1.54, 1.807) is 72.8 Å². The fourth-order valence-corrected chi connectivity index (χ4v) is 2.89. The van der Waals surface area contributed by atoms with Crippen LogP contribution in [0.25, 0.3) is 0 Å². The minimum absolute atomic E-state index is 0.0267. The second-order valence-corrected chi connectivity index (χ2v) is 6.66. The Balaban J connectivity index is 1.57. The van der Waals surface area contributed by atoms with Crippen LogP contribution in [0.2, 0.25) is 0 Å². The fourth-order valence-electron chi connectivity index (χ4n) is 2.89. The summed E-state index contributed by atoms with van der Waals surface area (Å²) in [5.74, 6) is -1.14. The van der Waals surface area contributed by atoms with E-state index in [0.717, 1.165) is 0 Å². The van der Waals surface area contributed by atoms with Crippen molar-refractivity contribution in [2.24, 2.45) is 0 Å². The van der Waals surface area contributed by atoms with Gasteiger partial charge in [-0.05, 0) is 36.4 Å². The number of benzene rings is 3. The van der Waals surface area contributed by atoms with Crippen molar-refractivity contribution in [3.05, 3.63) is 108 Å². The predicted octanol–water partition coefficient (Wildman–Crippen LogP) is 3.84. The fraction of sp³-hybridized carbons (Fsp3) is 0.160. The van der Waals surface area contributed by atoms with E-state index in [4.69, 9.17) is 9.47 Å². The van der Waals surface area contributed by atoms with Gasteiger partial charge in [0.1, 0.15) is 13.2 Å². The molecule has 6 heteroatoms. The lowest BCUT2D eigenvalue weighted by atomic mass is 10.2. The number of rotatable bonds is 9. The standard InChI is InChI=1S/C25H23NO5/c27-23(20-10-4-1-5-11-20)26(16-18-30-24(28)21-12-6-2-7-13-21)17-19-31-25(29)22-14-8-3-9-15-22/h1-15H,16-19H2. The van der Waals surface area contributed by atoms with Crippen molar-refractivity contribution >= 4 is 17.8 Å². The van der Waals surface area contributed by atoms with Crippen LogP contribution in [0.5, 0.6) is 0 Å². The van der Waals surface area contributed by atoms with Crippen LogP contribution in [0.4, 0.5) is 0 Å². The first-order chi connectivity index (χ1) is 15.1. The molecule has 158 valence electrons. The highest BCUT2D eigenvalue weighted by molar-refractivity contribution is 5.94. The lowest BCUT2D eigenvalue weighted by Crippen LogP contribution is -2.37. The Hall–Kier alpha value is -3.93. The molecule has 0 aliphatic carbocycles. The summed E-state index contributed by atoms with van der Waals surface area (Å²) in [5, 5.41) is 0. The molecule has 0 unspecified atom stereocenters. The Morgan fingerprint density at radius 2 is 0.903 bits per heavy atom. The quantitative estimate of drug-likeness (QED) is 0.495. The summed E-state index contributed by atoms with van der Waals surface area (Å²) in [6.07, 6.45) is 0. The first-order valence-electron chi connectivity index (χ1n) is 9.94. The van der Waals surface area contributed by atoms with Gasteiger partial charge in [-0.2, -0.15) is 0 Å². The minimum atomic E-state index is -0.455. The zero-order valence-corrected chi connectivity index (χ0v) is 17.0. The molecular formula is C25H23NO5. The molecule has 0 aliphatic rings. The summed E-state index contributed by atoms with van der Waals surface area (Å²) in [7, 11) is 0. The van der Waals surface area contributed by atoms with E-state index in [0.29, 0.717) is 16.7 Å². The molecule has 0 aliphatic heterocycles. The average Bonchev–Trinajstić information content (AvgIpc) is 2.84. The van der Waals surface area contributed by atoms with Gasteiger partial charge >= 0.3 is 11.9 Å². The van der Waals surface area contributed by atoms with Gasteiger partial charge in [0, 0.05) is 5.56 Å². The summed E-state index contributed by atoms with van der Waals surface area (Å²) >= 11 is 0. The molecular weight excluding hydrogens is 394 g/mol. The molecule has 0 fully saturated rings. The maximum absolute atomic E-state index is 12.9. The number of carbonyl (C=O) groups is 3. The van der Waals surface area contributed by atoms with Crippen LogP contribution in [0.1, 0.15) is 31.1 Å². The summed E-state index contributed by atoms with van der Waals surface area (Å²) in [4.78, 5) is 38.6. The van der Waals surface area contributed by atoms with E-state index in [2.05, 4.69) is 0 Å². The molecule has 3 aromatic rings. The molecule has 1 amide bonds. The first kappa shape index (κ1) is 21.8. The molecule has 3 rings (SSSR count). The van der Waals surface area contributed by atoms with Gasteiger partial charge in [0.05, 0.1) is 24.2 Å². The Morgan fingerprint density at radius 3 is 1.29 bits per heavy atom. The van der Waals surface area contributed by atoms with Gasteiger partial charge in [-0.25, -0.2) is 9.59 Å². The van der Waals surface area contributed by atoms with Crippen molar-refractivity contribution in [1.82, 2.24) is 4.90 Å². The van der Waals surface area contributed by atoms with Crippen LogP contribution in [0.3, 0.4) is 0 Å². The Labute approximate surface area is 181 Å². The molecule has 0 saturated carbocycles. The molecule has 3 aromatic carbocycles. The zero-order chi connectivity index (χ0) is 21.9. The van der Waals surface area contributed by atoms with E-state index in [-0.39, 0.29) is 32.2 Å². The molecule has 0 aromatic heterocycles. The van der Waals surface area contributed by atoms with Gasteiger partial charge in [0.2, 0.25) is 0 Å². The average molecular weight is 417 g/mol. The van der Waals surface area contributed by atoms with Crippen molar-refractivity contribution < 1.29 is 23.9 Å². The van der Waals surface area contributed by atoms with Gasteiger partial charge in [-0.1, -0.05) is 54.6 Å². The molecule has 0 saturated heterocycles. The van der Waals surface area contributed by atoms with E-state index in [9.17, 15) is 14.4 Å². The summed E-state index contributed by atoms with van der Waals surface area (Å²) in [6.45, 7) is 0.405. The predicted molar refractivity (Wildman–Crippen MR) is 116 cm³/mol. The number of ether oxygens (including phenoxy) is 2. The molecule has 0 heterocycles. The molecule has 31 heavy (non-hydrogen) atoms. The van der Waals surface area contributed by atoms with Crippen LogP contribution in [0, 0.1) is 0 Å². The SMILES string of the molecule is O=C(OCCN(CCOC(=O)c1ccccc1)C(=O)c1ccccc1)c1ccccc1. The maximum atomic E-state index is 12.9.